The summed E-state index contributed by atoms with van der Waals surface area (Å²) in [6.07, 6.45) is 5.22. The number of imidazole rings is 1. The molecule has 1 aromatic heterocycles. The third kappa shape index (κ3) is 8.07. The van der Waals surface area contributed by atoms with Gasteiger partial charge in [0.1, 0.15) is 17.9 Å². The summed E-state index contributed by atoms with van der Waals surface area (Å²) in [6.45, 7) is 1.65. The molecule has 0 bridgehead atoms. The van der Waals surface area contributed by atoms with Crippen LogP contribution in [0.3, 0.4) is 0 Å². The Bertz CT molecular complexity index is 2100. The van der Waals surface area contributed by atoms with Gasteiger partial charge >= 0.3 is 0 Å². The quantitative estimate of drug-likeness (QED) is 0.154. The number of amides is 3. The molecule has 2 fully saturated rings. The number of rotatable bonds is 9. The number of nitrogens with zero attached hydrogens (tertiary/aromatic N) is 3. The van der Waals surface area contributed by atoms with Crippen molar-refractivity contribution in [2.24, 2.45) is 11.5 Å². The fourth-order valence-corrected chi connectivity index (χ4v) is 7.16. The molecule has 0 unspecified atom stereocenters. The van der Waals surface area contributed by atoms with Crippen molar-refractivity contribution in [3.05, 3.63) is 149 Å². The molecule has 4 atom stereocenters. The molecule has 3 amide bonds. The Balaban J connectivity index is 0.922. The summed E-state index contributed by atoms with van der Waals surface area (Å²) < 4.78 is 0. The van der Waals surface area contributed by atoms with Crippen molar-refractivity contribution in [3.8, 4) is 23.1 Å². The molecule has 6 N–H and O–H groups in total. The molecule has 10 nitrogen and oxygen atoms in total. The molecule has 0 saturated carbocycles. The molecule has 10 heteroatoms. The van der Waals surface area contributed by atoms with E-state index in [1.165, 1.54) is 0 Å². The molecule has 2 aliphatic heterocycles. The van der Waals surface area contributed by atoms with Crippen LogP contribution in [0.4, 0.5) is 0 Å². The number of carbonyl (C=O) groups is 3. The van der Waals surface area contributed by atoms with E-state index < -0.39 is 12.1 Å². The molecule has 4 aromatic carbocycles. The highest BCUT2D eigenvalue weighted by Crippen LogP contribution is 2.33. The number of aromatic amines is 1. The lowest BCUT2D eigenvalue weighted by atomic mass is 10.1. The average molecular weight is 706 g/mol. The van der Waals surface area contributed by atoms with Crippen LogP contribution >= 0.6 is 0 Å². The minimum atomic E-state index is -0.720. The molecule has 2 aliphatic rings. The van der Waals surface area contributed by atoms with Gasteiger partial charge in [-0.3, -0.25) is 14.4 Å². The molecule has 2 saturated heterocycles. The first-order valence-corrected chi connectivity index (χ1v) is 18.1. The van der Waals surface area contributed by atoms with E-state index in [9.17, 15) is 14.4 Å². The number of H-pyrrole nitrogens is 1. The number of nitrogens with two attached hydrogens (primary N) is 2. The summed E-state index contributed by atoms with van der Waals surface area (Å²) >= 11 is 0. The lowest BCUT2D eigenvalue weighted by Gasteiger charge is -2.27. The molecule has 0 spiro atoms. The summed E-state index contributed by atoms with van der Waals surface area (Å²) in [5.41, 5.74) is 18.2. The van der Waals surface area contributed by atoms with Gasteiger partial charge in [0, 0.05) is 42.4 Å². The van der Waals surface area contributed by atoms with Gasteiger partial charge in [-0.05, 0) is 78.8 Å². The van der Waals surface area contributed by atoms with Crippen LogP contribution in [0.25, 0.3) is 11.3 Å². The maximum Gasteiger partial charge on any atom is 0.251 e. The van der Waals surface area contributed by atoms with Crippen molar-refractivity contribution in [3.63, 3.8) is 0 Å². The Morgan fingerprint density at radius 3 is 1.91 bits per heavy atom. The summed E-state index contributed by atoms with van der Waals surface area (Å²) in [5, 5.41) is 3.00. The van der Waals surface area contributed by atoms with Crippen molar-refractivity contribution < 1.29 is 14.4 Å². The summed E-state index contributed by atoms with van der Waals surface area (Å²) in [5.74, 6) is 6.72. The zero-order valence-electron chi connectivity index (χ0n) is 29.4. The minimum Gasteiger partial charge on any atom is -0.350 e. The van der Waals surface area contributed by atoms with Crippen LogP contribution in [0.5, 0.6) is 0 Å². The highest BCUT2D eigenvalue weighted by molar-refractivity contribution is 5.94. The lowest BCUT2D eigenvalue weighted by Crippen LogP contribution is -2.46. The average Bonchev–Trinajstić information content (AvgIpc) is 4.01. The highest BCUT2D eigenvalue weighted by atomic mass is 16.2. The maximum absolute atomic E-state index is 13.3. The van der Waals surface area contributed by atoms with Gasteiger partial charge in [-0.15, -0.1) is 0 Å². The number of hydrogen-bond donors (Lipinski definition) is 4. The van der Waals surface area contributed by atoms with Crippen LogP contribution in [-0.2, 0) is 9.59 Å². The van der Waals surface area contributed by atoms with Gasteiger partial charge < -0.3 is 31.6 Å². The fourth-order valence-electron chi connectivity index (χ4n) is 7.16. The van der Waals surface area contributed by atoms with Crippen LogP contribution in [0, 0.1) is 11.8 Å². The smallest absolute Gasteiger partial charge is 0.251 e. The molecular weight excluding hydrogens is 663 g/mol. The number of nitrogens with one attached hydrogen (secondary N) is 2. The first kappa shape index (κ1) is 35.4. The molecule has 3 heterocycles. The molecule has 7 rings (SSSR count). The molecule has 0 aliphatic carbocycles. The Morgan fingerprint density at radius 2 is 1.28 bits per heavy atom. The second kappa shape index (κ2) is 16.1. The molecule has 5 aromatic rings. The van der Waals surface area contributed by atoms with Crippen molar-refractivity contribution in [1.29, 1.82) is 0 Å². The predicted molar refractivity (Wildman–Crippen MR) is 204 cm³/mol. The van der Waals surface area contributed by atoms with Gasteiger partial charge in [0.2, 0.25) is 11.8 Å². The van der Waals surface area contributed by atoms with Crippen LogP contribution in [0.15, 0.2) is 115 Å². The van der Waals surface area contributed by atoms with Crippen LogP contribution in [0.1, 0.15) is 82.2 Å². The van der Waals surface area contributed by atoms with Crippen molar-refractivity contribution in [2.75, 3.05) is 19.6 Å². The highest BCUT2D eigenvalue weighted by Gasteiger charge is 2.35. The first-order valence-electron chi connectivity index (χ1n) is 18.1. The molecule has 0 radical (unpaired) electrons. The van der Waals surface area contributed by atoms with E-state index in [2.05, 4.69) is 27.1 Å². The van der Waals surface area contributed by atoms with Gasteiger partial charge in [-0.25, -0.2) is 4.98 Å². The largest absolute Gasteiger partial charge is 0.350 e. The third-order valence-corrected chi connectivity index (χ3v) is 10.1. The summed E-state index contributed by atoms with van der Waals surface area (Å²) in [7, 11) is 0. The predicted octanol–water partition coefficient (Wildman–Crippen LogP) is 5.26. The van der Waals surface area contributed by atoms with E-state index in [1.54, 1.807) is 23.2 Å². The van der Waals surface area contributed by atoms with E-state index in [1.807, 2.05) is 102 Å². The second-order valence-corrected chi connectivity index (χ2v) is 13.6. The van der Waals surface area contributed by atoms with Crippen LogP contribution in [0.2, 0.25) is 0 Å². The Kier molecular flexibility index (Phi) is 10.8. The van der Waals surface area contributed by atoms with E-state index in [4.69, 9.17) is 11.5 Å². The lowest BCUT2D eigenvalue weighted by molar-refractivity contribution is -0.134. The summed E-state index contributed by atoms with van der Waals surface area (Å²) in [4.78, 5) is 51.2. The Labute approximate surface area is 309 Å². The minimum absolute atomic E-state index is 0.0917. The van der Waals surface area contributed by atoms with Crippen LogP contribution in [-0.4, -0.2) is 63.2 Å². The third-order valence-electron chi connectivity index (χ3n) is 10.1. The van der Waals surface area contributed by atoms with E-state index in [0.717, 1.165) is 65.0 Å². The van der Waals surface area contributed by atoms with E-state index in [0.29, 0.717) is 25.2 Å². The SMILES string of the molecule is N[C@@H](C(=O)N1CCC[C@H]1CNC(=O)c1ccc(C#Cc2ccc(-c3cnc([C@@H]4CCCN4C(=O)[C@H](N)c4ccccc4)[nH]3)cc2)cc1)c1ccccc1. The maximum atomic E-state index is 13.3. The van der Waals surface area contributed by atoms with Gasteiger partial charge in [0.15, 0.2) is 0 Å². The van der Waals surface area contributed by atoms with E-state index >= 15 is 0 Å². The standard InChI is InChI=1S/C43H43N7O3/c44-38(32-9-3-1-4-10-32)42(52)49-25-7-13-35(49)27-47-41(51)34-23-19-30(20-24-34)16-15-29-17-21-31(22-18-29)36-28-46-40(48-36)37-14-8-26-50(37)43(53)39(45)33-11-5-2-6-12-33/h1-6,9-12,17-24,28,35,37-39H,7-8,13-14,25-27,44-45H2,(H,46,48)(H,47,51)/t35-,37-,38+,39+/m0/s1. The monoisotopic (exact) mass is 705 g/mol. The number of likely N-dealkylation sites (tertiary alicyclic amines) is 2. The van der Waals surface area contributed by atoms with Crippen molar-refractivity contribution >= 4 is 17.7 Å². The molecule has 268 valence electrons. The van der Waals surface area contributed by atoms with E-state index in [-0.39, 0.29) is 29.8 Å². The zero-order chi connectivity index (χ0) is 36.7. The number of benzene rings is 4. The fraction of sp³-hybridized carbons (Fsp3) is 0.256. The van der Waals surface area contributed by atoms with Gasteiger partial charge in [-0.2, -0.15) is 0 Å². The summed E-state index contributed by atoms with van der Waals surface area (Å²) in [6, 6.07) is 32.2. The van der Waals surface area contributed by atoms with Crippen LogP contribution < -0.4 is 16.8 Å². The van der Waals surface area contributed by atoms with Crippen molar-refractivity contribution in [1.82, 2.24) is 25.1 Å². The number of aromatic nitrogens is 2. The van der Waals surface area contributed by atoms with Gasteiger partial charge in [0.05, 0.1) is 17.9 Å². The normalized spacial score (nSPS) is 17.8. The van der Waals surface area contributed by atoms with Gasteiger partial charge in [-0.1, -0.05) is 84.6 Å². The first-order chi connectivity index (χ1) is 25.9. The number of hydrogen-bond acceptors (Lipinski definition) is 6. The molecular formula is C43H43N7O3. The van der Waals surface area contributed by atoms with Crippen molar-refractivity contribution in [2.45, 2.75) is 49.9 Å². The Morgan fingerprint density at radius 1 is 0.736 bits per heavy atom. The molecule has 53 heavy (non-hydrogen) atoms. The topological polar surface area (TPSA) is 150 Å². The van der Waals surface area contributed by atoms with Gasteiger partial charge in [0.25, 0.3) is 5.91 Å². The zero-order valence-corrected chi connectivity index (χ0v) is 29.4. The second-order valence-electron chi connectivity index (χ2n) is 13.6. The Hall–Kier alpha value is -6.02. The number of carbonyl (C=O) groups excluding carboxylic acids is 3.